The molecular weight excluding hydrogens is 317 g/mol. The molecular formula is C14H13F3N2O2S. The Morgan fingerprint density at radius 1 is 1.23 bits per heavy atom. The average molecular weight is 330 g/mol. The van der Waals surface area contributed by atoms with Crippen LogP contribution in [0.4, 0.5) is 23.7 Å². The van der Waals surface area contributed by atoms with Crippen LogP contribution in [0.1, 0.15) is 17.8 Å². The number of amides is 2. The first kappa shape index (κ1) is 16.2. The van der Waals surface area contributed by atoms with Crippen molar-refractivity contribution in [3.8, 4) is 5.75 Å². The van der Waals surface area contributed by atoms with Crippen molar-refractivity contribution in [2.75, 3.05) is 5.32 Å². The van der Waals surface area contributed by atoms with Crippen LogP contribution in [-0.2, 0) is 0 Å². The Kier molecular flexibility index (Phi) is 4.92. The number of rotatable bonds is 4. The highest BCUT2D eigenvalue weighted by Gasteiger charge is 2.32. The summed E-state index contributed by atoms with van der Waals surface area (Å²) in [4.78, 5) is 12.8. The highest BCUT2D eigenvalue weighted by molar-refractivity contribution is 7.10. The van der Waals surface area contributed by atoms with E-state index in [1.807, 2.05) is 17.5 Å². The maximum Gasteiger partial charge on any atom is 0.573 e. The normalized spacial score (nSPS) is 12.5. The molecule has 8 heteroatoms. The summed E-state index contributed by atoms with van der Waals surface area (Å²) in [5.41, 5.74) is -0.0595. The Labute approximate surface area is 128 Å². The Morgan fingerprint density at radius 3 is 2.59 bits per heavy atom. The zero-order valence-corrected chi connectivity index (χ0v) is 12.3. The Hall–Kier alpha value is -2.22. The number of urea groups is 1. The fourth-order valence-corrected chi connectivity index (χ4v) is 2.48. The van der Waals surface area contributed by atoms with E-state index in [1.54, 1.807) is 6.92 Å². The highest BCUT2D eigenvalue weighted by Crippen LogP contribution is 2.30. The number of nitrogens with one attached hydrogen (secondary N) is 2. The number of ether oxygens (including phenoxy) is 1. The van der Waals surface area contributed by atoms with Crippen molar-refractivity contribution in [1.82, 2.24) is 5.32 Å². The Bertz CT molecular complexity index is 629. The van der Waals surface area contributed by atoms with Gasteiger partial charge in [0.05, 0.1) is 11.7 Å². The van der Waals surface area contributed by atoms with Crippen LogP contribution in [0.25, 0.3) is 0 Å². The van der Waals surface area contributed by atoms with Crippen LogP contribution < -0.4 is 15.4 Å². The van der Waals surface area contributed by atoms with E-state index in [1.165, 1.54) is 29.5 Å². The lowest BCUT2D eigenvalue weighted by molar-refractivity contribution is -0.274. The van der Waals surface area contributed by atoms with Gasteiger partial charge >= 0.3 is 12.4 Å². The minimum Gasteiger partial charge on any atom is -0.404 e. The molecule has 0 fully saturated rings. The third kappa shape index (κ3) is 4.66. The molecule has 1 atom stereocenters. The molecule has 22 heavy (non-hydrogen) atoms. The number of hydrogen-bond acceptors (Lipinski definition) is 3. The molecule has 1 unspecified atom stereocenters. The van der Waals surface area contributed by atoms with Crippen LogP contribution in [0.5, 0.6) is 5.75 Å². The summed E-state index contributed by atoms with van der Waals surface area (Å²) in [5.74, 6) is -0.464. The van der Waals surface area contributed by atoms with E-state index in [0.29, 0.717) is 0 Å². The number of alkyl halides is 3. The van der Waals surface area contributed by atoms with Gasteiger partial charge in [0.2, 0.25) is 0 Å². The summed E-state index contributed by atoms with van der Waals surface area (Å²) in [6, 6.07) is 8.19. The Morgan fingerprint density at radius 2 is 1.95 bits per heavy atom. The minimum atomic E-state index is -4.82. The monoisotopic (exact) mass is 330 g/mol. The summed E-state index contributed by atoms with van der Waals surface area (Å²) < 4.78 is 40.8. The van der Waals surface area contributed by atoms with Crippen LogP contribution in [-0.4, -0.2) is 12.4 Å². The summed E-state index contributed by atoms with van der Waals surface area (Å²) in [6.07, 6.45) is -4.82. The van der Waals surface area contributed by atoms with E-state index >= 15 is 0 Å². The predicted octanol–water partition coefficient (Wildman–Crippen LogP) is 4.53. The van der Waals surface area contributed by atoms with Gasteiger partial charge < -0.3 is 15.4 Å². The Balaban J connectivity index is 2.02. The number of thiophene rings is 1. The van der Waals surface area contributed by atoms with Gasteiger partial charge in [0, 0.05) is 4.88 Å². The second-order valence-corrected chi connectivity index (χ2v) is 5.36. The van der Waals surface area contributed by atoms with E-state index in [0.717, 1.165) is 10.9 Å². The number of para-hydroxylation sites is 2. The van der Waals surface area contributed by atoms with Crippen molar-refractivity contribution in [3.63, 3.8) is 0 Å². The summed E-state index contributed by atoms with van der Waals surface area (Å²) in [7, 11) is 0. The highest BCUT2D eigenvalue weighted by atomic mass is 32.1. The lowest BCUT2D eigenvalue weighted by Gasteiger charge is -2.16. The molecule has 4 nitrogen and oxygen atoms in total. The van der Waals surface area contributed by atoms with E-state index in [4.69, 9.17) is 0 Å². The molecule has 0 saturated heterocycles. The van der Waals surface area contributed by atoms with Crippen molar-refractivity contribution >= 4 is 23.1 Å². The first-order valence-corrected chi connectivity index (χ1v) is 7.19. The van der Waals surface area contributed by atoms with Gasteiger partial charge in [-0.25, -0.2) is 4.79 Å². The molecule has 1 aromatic heterocycles. The first-order valence-electron chi connectivity index (χ1n) is 6.31. The van der Waals surface area contributed by atoms with Gasteiger partial charge in [-0.2, -0.15) is 0 Å². The van der Waals surface area contributed by atoms with Crippen LogP contribution in [0.15, 0.2) is 41.8 Å². The largest absolute Gasteiger partial charge is 0.573 e. The molecule has 118 valence electrons. The number of benzene rings is 1. The second-order valence-electron chi connectivity index (χ2n) is 4.38. The molecule has 0 spiro atoms. The number of hydrogen-bond donors (Lipinski definition) is 2. The zero-order valence-electron chi connectivity index (χ0n) is 11.5. The van der Waals surface area contributed by atoms with Crippen molar-refractivity contribution in [2.45, 2.75) is 19.3 Å². The van der Waals surface area contributed by atoms with Crippen LogP contribution in [0.3, 0.4) is 0 Å². The fourth-order valence-electron chi connectivity index (χ4n) is 1.75. The van der Waals surface area contributed by atoms with Gasteiger partial charge in [0.15, 0.2) is 5.75 Å². The molecule has 0 saturated carbocycles. The second kappa shape index (κ2) is 6.69. The van der Waals surface area contributed by atoms with Crippen molar-refractivity contribution in [1.29, 1.82) is 0 Å². The lowest BCUT2D eigenvalue weighted by atomic mass is 10.3. The van der Waals surface area contributed by atoms with Crippen LogP contribution in [0, 0.1) is 0 Å². The molecule has 0 bridgehead atoms. The number of halogens is 3. The average Bonchev–Trinajstić information content (AvgIpc) is 2.93. The molecule has 2 aromatic rings. The molecule has 1 heterocycles. The van der Waals surface area contributed by atoms with E-state index in [9.17, 15) is 18.0 Å². The smallest absolute Gasteiger partial charge is 0.404 e. The van der Waals surface area contributed by atoms with Gasteiger partial charge in [-0.15, -0.1) is 24.5 Å². The summed E-state index contributed by atoms with van der Waals surface area (Å²) in [5, 5.41) is 6.87. The number of anilines is 1. The molecule has 0 aliphatic heterocycles. The molecule has 1 aromatic carbocycles. The molecule has 2 N–H and O–H groups in total. The maximum absolute atomic E-state index is 12.3. The number of carbonyl (C=O) groups excluding carboxylic acids is 1. The standard InChI is InChI=1S/C14H13F3N2O2S/c1-9(12-7-4-8-22-12)18-13(20)19-10-5-2-3-6-11(10)21-14(15,16)17/h2-9H,1H3,(H2,18,19,20). The molecule has 0 aliphatic carbocycles. The quantitative estimate of drug-likeness (QED) is 0.865. The molecule has 2 rings (SSSR count). The minimum absolute atomic E-state index is 0.0595. The van der Waals surface area contributed by atoms with Crippen molar-refractivity contribution in [3.05, 3.63) is 46.7 Å². The van der Waals surface area contributed by atoms with Gasteiger partial charge in [-0.3, -0.25) is 0 Å². The van der Waals surface area contributed by atoms with Crippen LogP contribution >= 0.6 is 11.3 Å². The molecule has 0 radical (unpaired) electrons. The third-order valence-corrected chi connectivity index (χ3v) is 3.73. The fraction of sp³-hybridized carbons (Fsp3) is 0.214. The summed E-state index contributed by atoms with van der Waals surface area (Å²) >= 11 is 1.47. The van der Waals surface area contributed by atoms with Gasteiger partial charge in [-0.1, -0.05) is 18.2 Å². The predicted molar refractivity (Wildman–Crippen MR) is 78.0 cm³/mol. The van der Waals surface area contributed by atoms with Crippen LogP contribution in [0.2, 0.25) is 0 Å². The lowest BCUT2D eigenvalue weighted by Crippen LogP contribution is -2.31. The van der Waals surface area contributed by atoms with E-state index in [-0.39, 0.29) is 11.7 Å². The van der Waals surface area contributed by atoms with Gasteiger partial charge in [0.25, 0.3) is 0 Å². The SMILES string of the molecule is CC(NC(=O)Nc1ccccc1OC(F)(F)F)c1cccs1. The zero-order chi connectivity index (χ0) is 16.2. The van der Waals surface area contributed by atoms with E-state index in [2.05, 4.69) is 15.4 Å². The number of carbonyl (C=O) groups is 1. The summed E-state index contributed by atoms with van der Waals surface area (Å²) in [6.45, 7) is 1.78. The maximum atomic E-state index is 12.3. The van der Waals surface area contributed by atoms with Gasteiger partial charge in [0.1, 0.15) is 0 Å². The van der Waals surface area contributed by atoms with Crippen molar-refractivity contribution in [2.24, 2.45) is 0 Å². The third-order valence-electron chi connectivity index (χ3n) is 2.68. The first-order chi connectivity index (χ1) is 10.3. The molecule has 2 amide bonds. The topological polar surface area (TPSA) is 50.4 Å². The van der Waals surface area contributed by atoms with E-state index < -0.39 is 18.1 Å². The van der Waals surface area contributed by atoms with Gasteiger partial charge in [-0.05, 0) is 30.5 Å². The van der Waals surface area contributed by atoms with Crippen molar-refractivity contribution < 1.29 is 22.7 Å². The molecule has 0 aliphatic rings.